The molecule has 0 radical (unpaired) electrons. The molecule has 160 valence electrons. The van der Waals surface area contributed by atoms with Crippen molar-refractivity contribution in [2.75, 3.05) is 5.32 Å². The summed E-state index contributed by atoms with van der Waals surface area (Å²) in [7, 11) is 0. The monoisotopic (exact) mass is 411 g/mol. The molecule has 2 atom stereocenters. The lowest BCUT2D eigenvalue weighted by Gasteiger charge is -2.29. The second-order valence-corrected chi connectivity index (χ2v) is 8.41. The van der Waals surface area contributed by atoms with Gasteiger partial charge in [-0.05, 0) is 51.0 Å². The van der Waals surface area contributed by atoms with Crippen molar-refractivity contribution in [3.63, 3.8) is 0 Å². The highest BCUT2D eigenvalue weighted by atomic mass is 16.3. The Morgan fingerprint density at radius 3 is 2.50 bits per heavy atom. The standard InChI is InChI=1S/C22H29N5O3/c1-13(28)24-15-8-10-16(11-9-15)25-22-23-12-14-4-2-5-17(20(14)27-22)21(30)26-18-6-3-7-19(18)29/h2,4-5,12,15-16,18-19,29H,3,6-11H2,1H3,(H,24,28)(H,26,30)(H,23,25,27). The van der Waals surface area contributed by atoms with Crippen LogP contribution in [-0.2, 0) is 4.79 Å². The van der Waals surface area contributed by atoms with E-state index in [1.807, 2.05) is 12.1 Å². The summed E-state index contributed by atoms with van der Waals surface area (Å²) in [6, 6.07) is 5.74. The average Bonchev–Trinajstić information content (AvgIpc) is 3.13. The van der Waals surface area contributed by atoms with Crippen LogP contribution in [0, 0.1) is 0 Å². The first-order valence-electron chi connectivity index (χ1n) is 10.8. The molecule has 0 aliphatic heterocycles. The zero-order valence-corrected chi connectivity index (χ0v) is 17.2. The molecule has 1 aromatic heterocycles. The molecule has 2 amide bonds. The number of amides is 2. The minimum atomic E-state index is -0.483. The van der Waals surface area contributed by atoms with Crippen molar-refractivity contribution in [3.8, 4) is 0 Å². The van der Waals surface area contributed by atoms with Gasteiger partial charge < -0.3 is 21.1 Å². The van der Waals surface area contributed by atoms with E-state index in [2.05, 4.69) is 25.9 Å². The van der Waals surface area contributed by atoms with E-state index in [0.29, 0.717) is 17.0 Å². The molecule has 8 nitrogen and oxygen atoms in total. The summed E-state index contributed by atoms with van der Waals surface area (Å²) in [5.74, 6) is 0.304. The summed E-state index contributed by atoms with van der Waals surface area (Å²) >= 11 is 0. The number of aliphatic hydroxyl groups is 1. The van der Waals surface area contributed by atoms with Gasteiger partial charge in [-0.15, -0.1) is 0 Å². The third kappa shape index (κ3) is 4.70. The Bertz CT molecular complexity index is 926. The third-order valence-electron chi connectivity index (χ3n) is 6.12. The molecule has 4 N–H and O–H groups in total. The number of carbonyl (C=O) groups excluding carboxylic acids is 2. The lowest BCUT2D eigenvalue weighted by atomic mass is 9.91. The normalized spacial score (nSPS) is 26.3. The Kier molecular flexibility index (Phi) is 6.13. The van der Waals surface area contributed by atoms with Gasteiger partial charge in [0.15, 0.2) is 0 Å². The number of aromatic nitrogens is 2. The van der Waals surface area contributed by atoms with Crippen LogP contribution in [0.25, 0.3) is 10.9 Å². The van der Waals surface area contributed by atoms with Gasteiger partial charge in [0, 0.05) is 30.6 Å². The number of hydrogen-bond donors (Lipinski definition) is 4. The van der Waals surface area contributed by atoms with Crippen molar-refractivity contribution in [1.82, 2.24) is 20.6 Å². The van der Waals surface area contributed by atoms with Crippen molar-refractivity contribution in [2.45, 2.75) is 76.1 Å². The summed E-state index contributed by atoms with van der Waals surface area (Å²) in [6.07, 6.45) is 7.37. The molecule has 1 heterocycles. The summed E-state index contributed by atoms with van der Waals surface area (Å²) in [4.78, 5) is 33.1. The number of benzene rings is 1. The number of rotatable bonds is 5. The second-order valence-electron chi connectivity index (χ2n) is 8.41. The first kappa shape index (κ1) is 20.5. The van der Waals surface area contributed by atoms with E-state index < -0.39 is 6.10 Å². The van der Waals surface area contributed by atoms with Gasteiger partial charge in [0.1, 0.15) is 0 Å². The lowest BCUT2D eigenvalue weighted by molar-refractivity contribution is -0.119. The molecule has 0 bridgehead atoms. The summed E-state index contributed by atoms with van der Waals surface area (Å²) in [5, 5.41) is 20.1. The van der Waals surface area contributed by atoms with Gasteiger partial charge in [-0.3, -0.25) is 9.59 Å². The molecular weight excluding hydrogens is 382 g/mol. The number of para-hydroxylation sites is 1. The SMILES string of the molecule is CC(=O)NC1CCC(Nc2ncc3cccc(C(=O)NC4CCCC4O)c3n2)CC1. The molecule has 2 aliphatic rings. The molecule has 8 heteroatoms. The second kappa shape index (κ2) is 8.95. The predicted octanol–water partition coefficient (Wildman–Crippen LogP) is 2.13. The zero-order valence-electron chi connectivity index (χ0n) is 17.2. The van der Waals surface area contributed by atoms with E-state index in [1.54, 1.807) is 19.2 Å². The van der Waals surface area contributed by atoms with E-state index in [4.69, 9.17) is 0 Å². The molecule has 2 unspecified atom stereocenters. The first-order chi connectivity index (χ1) is 14.5. The molecule has 2 fully saturated rings. The van der Waals surface area contributed by atoms with E-state index in [0.717, 1.165) is 50.3 Å². The third-order valence-corrected chi connectivity index (χ3v) is 6.12. The first-order valence-corrected chi connectivity index (χ1v) is 10.8. The van der Waals surface area contributed by atoms with Gasteiger partial charge in [-0.1, -0.05) is 12.1 Å². The van der Waals surface area contributed by atoms with Gasteiger partial charge >= 0.3 is 0 Å². The Morgan fingerprint density at radius 2 is 1.80 bits per heavy atom. The van der Waals surface area contributed by atoms with Gasteiger partial charge in [-0.2, -0.15) is 0 Å². The maximum Gasteiger partial charge on any atom is 0.253 e. The minimum absolute atomic E-state index is 0.0141. The van der Waals surface area contributed by atoms with Crippen LogP contribution in [0.4, 0.5) is 5.95 Å². The van der Waals surface area contributed by atoms with Crippen molar-refractivity contribution < 1.29 is 14.7 Å². The number of anilines is 1. The molecule has 2 aliphatic carbocycles. The molecule has 0 spiro atoms. The number of nitrogens with zero attached hydrogens (tertiary/aromatic N) is 2. The van der Waals surface area contributed by atoms with Crippen LogP contribution in [-0.4, -0.2) is 51.1 Å². The molecule has 0 saturated heterocycles. The number of fused-ring (bicyclic) bond motifs is 1. The molecule has 1 aromatic carbocycles. The largest absolute Gasteiger partial charge is 0.391 e. The Labute approximate surface area is 175 Å². The van der Waals surface area contributed by atoms with Gasteiger partial charge in [0.05, 0.1) is 23.2 Å². The van der Waals surface area contributed by atoms with Crippen LogP contribution in [0.2, 0.25) is 0 Å². The van der Waals surface area contributed by atoms with Crippen LogP contribution in [0.15, 0.2) is 24.4 Å². The molecular formula is C22H29N5O3. The van der Waals surface area contributed by atoms with Gasteiger partial charge in [-0.25, -0.2) is 9.97 Å². The topological polar surface area (TPSA) is 116 Å². The van der Waals surface area contributed by atoms with Crippen molar-refractivity contribution in [2.24, 2.45) is 0 Å². The summed E-state index contributed by atoms with van der Waals surface area (Å²) in [6.45, 7) is 1.55. The highest BCUT2D eigenvalue weighted by Crippen LogP contribution is 2.24. The zero-order chi connectivity index (χ0) is 21.1. The fourth-order valence-corrected chi connectivity index (χ4v) is 4.52. The average molecular weight is 412 g/mol. The van der Waals surface area contributed by atoms with E-state index in [9.17, 15) is 14.7 Å². The van der Waals surface area contributed by atoms with Crippen molar-refractivity contribution in [3.05, 3.63) is 30.0 Å². The molecule has 2 saturated carbocycles. The fourth-order valence-electron chi connectivity index (χ4n) is 4.52. The summed E-state index contributed by atoms with van der Waals surface area (Å²) < 4.78 is 0. The van der Waals surface area contributed by atoms with Crippen LogP contribution in [0.5, 0.6) is 0 Å². The molecule has 2 aromatic rings. The maximum atomic E-state index is 12.8. The number of hydrogen-bond acceptors (Lipinski definition) is 6. The van der Waals surface area contributed by atoms with E-state index in [1.165, 1.54) is 0 Å². The Balaban J connectivity index is 1.46. The lowest BCUT2D eigenvalue weighted by Crippen LogP contribution is -2.40. The smallest absolute Gasteiger partial charge is 0.253 e. The minimum Gasteiger partial charge on any atom is -0.391 e. The highest BCUT2D eigenvalue weighted by Gasteiger charge is 2.27. The molecule has 4 rings (SSSR count). The maximum absolute atomic E-state index is 12.8. The Morgan fingerprint density at radius 1 is 1.03 bits per heavy atom. The van der Waals surface area contributed by atoms with E-state index in [-0.39, 0.29) is 29.9 Å². The van der Waals surface area contributed by atoms with Crippen LogP contribution < -0.4 is 16.0 Å². The fraction of sp³-hybridized carbons (Fsp3) is 0.545. The highest BCUT2D eigenvalue weighted by molar-refractivity contribution is 6.05. The quantitative estimate of drug-likeness (QED) is 0.599. The number of carbonyl (C=O) groups is 2. The van der Waals surface area contributed by atoms with Gasteiger partial charge in [0.2, 0.25) is 11.9 Å². The Hall–Kier alpha value is -2.74. The van der Waals surface area contributed by atoms with Crippen molar-refractivity contribution >= 4 is 28.7 Å². The molecule has 30 heavy (non-hydrogen) atoms. The van der Waals surface area contributed by atoms with Crippen LogP contribution in [0.3, 0.4) is 0 Å². The summed E-state index contributed by atoms with van der Waals surface area (Å²) in [5.41, 5.74) is 1.10. The number of nitrogens with one attached hydrogen (secondary N) is 3. The van der Waals surface area contributed by atoms with Gasteiger partial charge in [0.25, 0.3) is 5.91 Å². The predicted molar refractivity (Wildman–Crippen MR) is 114 cm³/mol. The van der Waals surface area contributed by atoms with E-state index >= 15 is 0 Å². The van der Waals surface area contributed by atoms with Crippen LogP contribution >= 0.6 is 0 Å². The van der Waals surface area contributed by atoms with Crippen molar-refractivity contribution in [1.29, 1.82) is 0 Å². The number of aliphatic hydroxyl groups excluding tert-OH is 1. The van der Waals surface area contributed by atoms with Crippen LogP contribution in [0.1, 0.15) is 62.2 Å².